The van der Waals surface area contributed by atoms with Gasteiger partial charge in [0.05, 0.1) is 18.1 Å². The second kappa shape index (κ2) is 10.1. The maximum Gasteiger partial charge on any atom is 0.323 e. The van der Waals surface area contributed by atoms with Crippen molar-refractivity contribution in [3.63, 3.8) is 0 Å². The number of carboxylic acid groups (broad SMARTS) is 1. The van der Waals surface area contributed by atoms with Crippen LogP contribution in [-0.4, -0.2) is 51.7 Å². The molecule has 2 aromatic carbocycles. The standard InChI is InChI=1S/C24H18Cl2N2O7S2/c1-34-15-6-10(3-5-14(15)35-9-11-2-4-12(25)7-13(11)26)17-18-20(36-21-19(17)37-24(33)27-21)23(32)28(22(18)31)8-16(29)30/h2-7,17-18,20H,8-9H2,1H3,(H,27,33)(H,29,30)/t17-,18?,20?/m0/s1. The molecule has 192 valence electrons. The number of amides is 2. The summed E-state index contributed by atoms with van der Waals surface area (Å²) < 4.78 is 11.5. The molecular weight excluding hydrogens is 563 g/mol. The Morgan fingerprint density at radius 1 is 1.11 bits per heavy atom. The summed E-state index contributed by atoms with van der Waals surface area (Å²) in [7, 11) is 1.47. The lowest BCUT2D eigenvalue weighted by molar-refractivity contribution is -0.149. The minimum atomic E-state index is -1.28. The molecule has 2 aliphatic heterocycles. The summed E-state index contributed by atoms with van der Waals surface area (Å²) in [6, 6.07) is 10.2. The number of aliphatic carboxylic acids is 1. The molecule has 0 aliphatic carbocycles. The minimum absolute atomic E-state index is 0.150. The maximum atomic E-state index is 13.3. The van der Waals surface area contributed by atoms with Crippen molar-refractivity contribution in [3.05, 3.63) is 72.1 Å². The van der Waals surface area contributed by atoms with E-state index in [4.69, 9.17) is 32.7 Å². The number of carbonyl (C=O) groups excluding carboxylic acids is 2. The molecule has 3 heterocycles. The van der Waals surface area contributed by atoms with Gasteiger partial charge in [0.25, 0.3) is 0 Å². The highest BCUT2D eigenvalue weighted by molar-refractivity contribution is 8.00. The highest BCUT2D eigenvalue weighted by Crippen LogP contribution is 2.53. The van der Waals surface area contributed by atoms with Crippen LogP contribution in [0.2, 0.25) is 10.0 Å². The molecule has 1 aromatic heterocycles. The zero-order chi connectivity index (χ0) is 26.4. The number of nitrogens with one attached hydrogen (secondary N) is 1. The Morgan fingerprint density at radius 2 is 1.89 bits per heavy atom. The smallest absolute Gasteiger partial charge is 0.323 e. The Balaban J connectivity index is 1.50. The van der Waals surface area contributed by atoms with E-state index in [9.17, 15) is 24.3 Å². The Hall–Kier alpha value is -2.99. The number of thioether (sulfide) groups is 1. The first-order valence-electron chi connectivity index (χ1n) is 10.9. The monoisotopic (exact) mass is 580 g/mol. The third-order valence-corrected chi connectivity index (χ3v) is 9.14. The summed E-state index contributed by atoms with van der Waals surface area (Å²) in [5, 5.41) is 9.82. The van der Waals surface area contributed by atoms with E-state index >= 15 is 0 Å². The zero-order valence-electron chi connectivity index (χ0n) is 19.0. The van der Waals surface area contributed by atoms with Gasteiger partial charge in [-0.1, -0.05) is 58.4 Å². The second-order valence-electron chi connectivity index (χ2n) is 8.34. The van der Waals surface area contributed by atoms with E-state index in [2.05, 4.69) is 4.98 Å². The Bertz CT molecular complexity index is 1490. The molecule has 0 bridgehead atoms. The molecule has 2 aliphatic rings. The SMILES string of the molecule is COc1cc([C@@H]2c3sc(=O)[nH]c3SC3C(=O)N(CC(=O)O)C(=O)C32)ccc1OCc1ccc(Cl)cc1Cl. The summed E-state index contributed by atoms with van der Waals surface area (Å²) in [6.45, 7) is -0.567. The lowest BCUT2D eigenvalue weighted by Gasteiger charge is -2.30. The van der Waals surface area contributed by atoms with Gasteiger partial charge < -0.3 is 19.6 Å². The topological polar surface area (TPSA) is 126 Å². The van der Waals surface area contributed by atoms with Crippen molar-refractivity contribution < 1.29 is 29.0 Å². The van der Waals surface area contributed by atoms with Crippen molar-refractivity contribution in [3.8, 4) is 11.5 Å². The molecule has 13 heteroatoms. The zero-order valence-corrected chi connectivity index (χ0v) is 22.2. The predicted molar refractivity (Wildman–Crippen MR) is 138 cm³/mol. The van der Waals surface area contributed by atoms with Gasteiger partial charge in [0.1, 0.15) is 18.4 Å². The van der Waals surface area contributed by atoms with Gasteiger partial charge >= 0.3 is 10.8 Å². The molecular formula is C24H18Cl2N2O7S2. The maximum absolute atomic E-state index is 13.3. The van der Waals surface area contributed by atoms with Gasteiger partial charge in [-0.25, -0.2) is 0 Å². The molecule has 5 rings (SSSR count). The molecule has 3 aromatic rings. The van der Waals surface area contributed by atoms with Gasteiger partial charge in [0, 0.05) is 26.4 Å². The second-order valence-corrected chi connectivity index (χ2v) is 11.4. The van der Waals surface area contributed by atoms with Crippen molar-refractivity contribution in [1.82, 2.24) is 9.88 Å². The number of rotatable bonds is 7. The number of likely N-dealkylation sites (tertiary alicyclic amines) is 1. The number of carboxylic acids is 1. The molecule has 1 saturated heterocycles. The number of H-pyrrole nitrogens is 1. The molecule has 2 amide bonds. The van der Waals surface area contributed by atoms with Crippen LogP contribution in [0.1, 0.15) is 21.9 Å². The number of aromatic amines is 1. The molecule has 0 saturated carbocycles. The number of hydrogen-bond donors (Lipinski definition) is 2. The Kier molecular flexibility index (Phi) is 6.97. The molecule has 0 spiro atoms. The van der Waals surface area contributed by atoms with Gasteiger partial charge in [-0.3, -0.25) is 24.1 Å². The molecule has 3 atom stereocenters. The van der Waals surface area contributed by atoms with E-state index in [1.807, 2.05) is 0 Å². The third kappa shape index (κ3) is 4.72. The average Bonchev–Trinajstić information content (AvgIpc) is 3.33. The van der Waals surface area contributed by atoms with E-state index < -0.39 is 41.4 Å². The van der Waals surface area contributed by atoms with Gasteiger partial charge in [-0.2, -0.15) is 0 Å². The third-order valence-electron chi connectivity index (χ3n) is 6.15. The van der Waals surface area contributed by atoms with Crippen LogP contribution in [0.5, 0.6) is 11.5 Å². The van der Waals surface area contributed by atoms with Crippen LogP contribution in [0, 0.1) is 5.92 Å². The van der Waals surface area contributed by atoms with Crippen molar-refractivity contribution in [2.24, 2.45) is 5.92 Å². The summed E-state index contributed by atoms with van der Waals surface area (Å²) in [5.74, 6) is -3.19. The van der Waals surface area contributed by atoms with Crippen LogP contribution in [-0.2, 0) is 21.0 Å². The lowest BCUT2D eigenvalue weighted by Crippen LogP contribution is -2.36. The van der Waals surface area contributed by atoms with Gasteiger partial charge in [0.2, 0.25) is 11.8 Å². The number of benzene rings is 2. The van der Waals surface area contributed by atoms with Crippen LogP contribution in [0.25, 0.3) is 0 Å². The molecule has 1 fully saturated rings. The number of thiazole rings is 1. The van der Waals surface area contributed by atoms with Crippen LogP contribution in [0.15, 0.2) is 46.2 Å². The number of fused-ring (bicyclic) bond motifs is 2. The lowest BCUT2D eigenvalue weighted by atomic mass is 9.83. The highest BCUT2D eigenvalue weighted by atomic mass is 35.5. The van der Waals surface area contributed by atoms with E-state index in [0.717, 1.165) is 33.6 Å². The van der Waals surface area contributed by atoms with E-state index in [1.54, 1.807) is 36.4 Å². The van der Waals surface area contributed by atoms with Crippen molar-refractivity contribution in [2.45, 2.75) is 22.8 Å². The van der Waals surface area contributed by atoms with Crippen molar-refractivity contribution >= 4 is 64.1 Å². The van der Waals surface area contributed by atoms with Gasteiger partial charge in [0.15, 0.2) is 11.5 Å². The number of ether oxygens (including phenoxy) is 2. The van der Waals surface area contributed by atoms with E-state index in [1.165, 1.54) is 7.11 Å². The van der Waals surface area contributed by atoms with E-state index in [0.29, 0.717) is 37.0 Å². The minimum Gasteiger partial charge on any atom is -0.493 e. The number of halogens is 2. The molecule has 9 nitrogen and oxygen atoms in total. The Morgan fingerprint density at radius 3 is 2.59 bits per heavy atom. The van der Waals surface area contributed by atoms with Crippen molar-refractivity contribution in [2.75, 3.05) is 13.7 Å². The molecule has 0 radical (unpaired) electrons. The number of carbonyl (C=O) groups is 3. The van der Waals surface area contributed by atoms with Gasteiger partial charge in [-0.15, -0.1) is 0 Å². The summed E-state index contributed by atoms with van der Waals surface area (Å²) in [4.78, 5) is 53.6. The fourth-order valence-electron chi connectivity index (χ4n) is 4.52. The predicted octanol–water partition coefficient (Wildman–Crippen LogP) is 4.01. The highest BCUT2D eigenvalue weighted by Gasteiger charge is 2.56. The number of imide groups is 1. The van der Waals surface area contributed by atoms with Crippen LogP contribution < -0.4 is 14.3 Å². The summed E-state index contributed by atoms with van der Waals surface area (Å²) >= 11 is 14.2. The van der Waals surface area contributed by atoms with Gasteiger partial charge in [-0.05, 0) is 29.8 Å². The quantitative estimate of drug-likeness (QED) is 0.401. The van der Waals surface area contributed by atoms with Crippen molar-refractivity contribution in [1.29, 1.82) is 0 Å². The van der Waals surface area contributed by atoms with E-state index in [-0.39, 0.29) is 11.5 Å². The van der Waals surface area contributed by atoms with Crippen LogP contribution in [0.4, 0.5) is 0 Å². The summed E-state index contributed by atoms with van der Waals surface area (Å²) in [5.41, 5.74) is 1.35. The number of hydrogen-bond acceptors (Lipinski definition) is 8. The first-order chi connectivity index (χ1) is 17.7. The fraction of sp³-hybridized carbons (Fsp3) is 0.250. The average molecular weight is 581 g/mol. The normalized spacial score (nSPS) is 20.5. The molecule has 2 N–H and O–H groups in total. The first kappa shape index (κ1) is 25.7. The summed E-state index contributed by atoms with van der Waals surface area (Å²) in [6.07, 6.45) is 0. The number of methoxy groups -OCH3 is 1. The first-order valence-corrected chi connectivity index (χ1v) is 13.3. The number of aromatic nitrogens is 1. The van der Waals surface area contributed by atoms with Crippen LogP contribution in [0.3, 0.4) is 0 Å². The Labute approximate surface area is 228 Å². The molecule has 2 unspecified atom stereocenters. The fourth-order valence-corrected chi connectivity index (χ4v) is 7.52. The largest absolute Gasteiger partial charge is 0.493 e. The van der Waals surface area contributed by atoms with Crippen LogP contribution >= 0.6 is 46.3 Å². The number of nitrogens with zero attached hydrogens (tertiary/aromatic N) is 1. The molecule has 37 heavy (non-hydrogen) atoms.